The van der Waals surface area contributed by atoms with Crippen LogP contribution in [-0.4, -0.2) is 22.3 Å². The molecule has 2 heterocycles. The van der Waals surface area contributed by atoms with Gasteiger partial charge in [0.15, 0.2) is 5.65 Å². The first-order valence-corrected chi connectivity index (χ1v) is 5.73. The number of hydrogen-bond acceptors (Lipinski definition) is 3. The highest BCUT2D eigenvalue weighted by molar-refractivity contribution is 5.92. The van der Waals surface area contributed by atoms with Crippen LogP contribution in [0.1, 0.15) is 5.56 Å². The smallest absolute Gasteiger partial charge is 0.181 e. The van der Waals surface area contributed by atoms with Gasteiger partial charge in [0, 0.05) is 17.1 Å². The molecule has 0 bridgehead atoms. The fourth-order valence-corrected chi connectivity index (χ4v) is 2.06. The molecule has 0 aliphatic carbocycles. The first kappa shape index (κ1) is 10.8. The summed E-state index contributed by atoms with van der Waals surface area (Å²) in [6.07, 6.45) is 1.81. The Morgan fingerprint density at radius 1 is 1.22 bits per heavy atom. The van der Waals surface area contributed by atoms with Crippen LogP contribution in [0.5, 0.6) is 5.75 Å². The Hall–Kier alpha value is -2.36. The third-order valence-corrected chi connectivity index (χ3v) is 2.92. The van der Waals surface area contributed by atoms with Gasteiger partial charge in [0.2, 0.25) is 0 Å². The van der Waals surface area contributed by atoms with Crippen molar-refractivity contribution in [2.75, 3.05) is 7.11 Å². The number of aromatic nitrogens is 3. The van der Waals surface area contributed by atoms with Crippen LogP contribution >= 0.6 is 0 Å². The van der Waals surface area contributed by atoms with Gasteiger partial charge >= 0.3 is 0 Å². The number of hydrogen-bond donors (Lipinski definition) is 1. The molecule has 4 nitrogen and oxygen atoms in total. The molecule has 4 heteroatoms. The van der Waals surface area contributed by atoms with E-state index in [4.69, 9.17) is 4.74 Å². The van der Waals surface area contributed by atoms with Crippen molar-refractivity contribution in [1.29, 1.82) is 0 Å². The molecule has 0 atom stereocenters. The number of rotatable bonds is 2. The Labute approximate surface area is 105 Å². The fourth-order valence-electron chi connectivity index (χ4n) is 2.06. The maximum Gasteiger partial charge on any atom is 0.181 e. The summed E-state index contributed by atoms with van der Waals surface area (Å²) in [5.41, 5.74) is 3.77. The topological polar surface area (TPSA) is 50.8 Å². The monoisotopic (exact) mass is 239 g/mol. The molecule has 0 fully saturated rings. The SMILES string of the molecule is COc1ccccc1-c1[nH]nc2ncc(C)cc12. The molecule has 1 N–H and O–H groups in total. The zero-order valence-electron chi connectivity index (χ0n) is 10.3. The van der Waals surface area contributed by atoms with Gasteiger partial charge in [0.05, 0.1) is 12.8 Å². The highest BCUT2D eigenvalue weighted by Gasteiger charge is 2.12. The van der Waals surface area contributed by atoms with E-state index in [-0.39, 0.29) is 0 Å². The van der Waals surface area contributed by atoms with Crippen molar-refractivity contribution < 1.29 is 4.74 Å². The van der Waals surface area contributed by atoms with Crippen LogP contribution in [0, 0.1) is 6.92 Å². The summed E-state index contributed by atoms with van der Waals surface area (Å²) >= 11 is 0. The molecule has 0 spiro atoms. The first-order chi connectivity index (χ1) is 8.79. The van der Waals surface area contributed by atoms with E-state index in [1.807, 2.05) is 37.4 Å². The second-order valence-corrected chi connectivity index (χ2v) is 4.18. The lowest BCUT2D eigenvalue weighted by Crippen LogP contribution is -1.88. The van der Waals surface area contributed by atoms with E-state index in [1.165, 1.54) is 0 Å². The molecule has 0 radical (unpaired) electrons. The number of ether oxygens (including phenoxy) is 1. The molecule has 0 aliphatic heterocycles. The van der Waals surface area contributed by atoms with E-state index in [2.05, 4.69) is 21.2 Å². The van der Waals surface area contributed by atoms with Crippen LogP contribution in [0.4, 0.5) is 0 Å². The molecule has 2 aromatic heterocycles. The minimum Gasteiger partial charge on any atom is -0.496 e. The van der Waals surface area contributed by atoms with E-state index in [0.717, 1.165) is 33.6 Å². The zero-order valence-corrected chi connectivity index (χ0v) is 10.3. The molecule has 1 aromatic carbocycles. The summed E-state index contributed by atoms with van der Waals surface area (Å²) in [6, 6.07) is 9.95. The molecule has 18 heavy (non-hydrogen) atoms. The molecule has 0 saturated heterocycles. The lowest BCUT2D eigenvalue weighted by atomic mass is 10.1. The Bertz CT molecular complexity index is 703. The Morgan fingerprint density at radius 2 is 2.06 bits per heavy atom. The highest BCUT2D eigenvalue weighted by Crippen LogP contribution is 2.32. The van der Waals surface area contributed by atoms with Crippen molar-refractivity contribution in [1.82, 2.24) is 15.2 Å². The Balaban J connectivity index is 2.28. The molecule has 0 saturated carbocycles. The van der Waals surface area contributed by atoms with Crippen molar-refractivity contribution >= 4 is 11.0 Å². The molecular weight excluding hydrogens is 226 g/mol. The van der Waals surface area contributed by atoms with Gasteiger partial charge in [0.1, 0.15) is 5.75 Å². The summed E-state index contributed by atoms with van der Waals surface area (Å²) in [6.45, 7) is 2.02. The van der Waals surface area contributed by atoms with E-state index in [1.54, 1.807) is 7.11 Å². The lowest BCUT2D eigenvalue weighted by Gasteiger charge is -2.06. The number of nitrogens with zero attached hydrogens (tertiary/aromatic N) is 2. The van der Waals surface area contributed by atoms with Crippen molar-refractivity contribution in [3.05, 3.63) is 42.1 Å². The number of fused-ring (bicyclic) bond motifs is 1. The van der Waals surface area contributed by atoms with Crippen molar-refractivity contribution in [3.8, 4) is 17.0 Å². The van der Waals surface area contributed by atoms with Crippen LogP contribution in [0.2, 0.25) is 0 Å². The van der Waals surface area contributed by atoms with Crippen LogP contribution < -0.4 is 4.74 Å². The average molecular weight is 239 g/mol. The van der Waals surface area contributed by atoms with Crippen LogP contribution in [0.15, 0.2) is 36.5 Å². The standard InChI is InChI=1S/C14H13N3O/c1-9-7-11-13(16-17-14(11)15-8-9)10-5-3-4-6-12(10)18-2/h3-8H,1-2H3,(H,15,16,17). The summed E-state index contributed by atoms with van der Waals surface area (Å²) < 4.78 is 5.38. The Kier molecular flexibility index (Phi) is 2.48. The quantitative estimate of drug-likeness (QED) is 0.748. The fraction of sp³-hybridized carbons (Fsp3) is 0.143. The number of nitrogens with one attached hydrogen (secondary N) is 1. The molecule has 0 unspecified atom stereocenters. The van der Waals surface area contributed by atoms with E-state index in [9.17, 15) is 0 Å². The molecule has 0 aliphatic rings. The largest absolute Gasteiger partial charge is 0.496 e. The number of aromatic amines is 1. The van der Waals surface area contributed by atoms with Gasteiger partial charge in [-0.2, -0.15) is 5.10 Å². The maximum atomic E-state index is 5.38. The number of methoxy groups -OCH3 is 1. The highest BCUT2D eigenvalue weighted by atomic mass is 16.5. The predicted octanol–water partition coefficient (Wildman–Crippen LogP) is 2.94. The third-order valence-electron chi connectivity index (χ3n) is 2.92. The summed E-state index contributed by atoms with van der Waals surface area (Å²) in [4.78, 5) is 4.30. The maximum absolute atomic E-state index is 5.38. The van der Waals surface area contributed by atoms with Crippen molar-refractivity contribution in [2.45, 2.75) is 6.92 Å². The molecular formula is C14H13N3O. The van der Waals surface area contributed by atoms with Crippen molar-refractivity contribution in [2.24, 2.45) is 0 Å². The second kappa shape index (κ2) is 4.14. The number of pyridine rings is 1. The van der Waals surface area contributed by atoms with Gasteiger partial charge in [-0.1, -0.05) is 12.1 Å². The Morgan fingerprint density at radius 3 is 2.89 bits per heavy atom. The van der Waals surface area contributed by atoms with Gasteiger partial charge in [-0.05, 0) is 30.7 Å². The van der Waals surface area contributed by atoms with Crippen LogP contribution in [0.25, 0.3) is 22.3 Å². The minimum absolute atomic E-state index is 0.724. The normalized spacial score (nSPS) is 10.8. The van der Waals surface area contributed by atoms with Gasteiger partial charge in [-0.15, -0.1) is 0 Å². The number of para-hydroxylation sites is 1. The summed E-state index contributed by atoms with van der Waals surface area (Å²) in [5, 5.41) is 8.27. The zero-order chi connectivity index (χ0) is 12.5. The van der Waals surface area contributed by atoms with Gasteiger partial charge < -0.3 is 4.74 Å². The molecule has 3 rings (SSSR count). The van der Waals surface area contributed by atoms with E-state index >= 15 is 0 Å². The van der Waals surface area contributed by atoms with E-state index in [0.29, 0.717) is 0 Å². The number of H-pyrrole nitrogens is 1. The average Bonchev–Trinajstić information content (AvgIpc) is 2.81. The molecule has 0 amide bonds. The van der Waals surface area contributed by atoms with Crippen LogP contribution in [0.3, 0.4) is 0 Å². The molecule has 90 valence electrons. The minimum atomic E-state index is 0.724. The first-order valence-electron chi connectivity index (χ1n) is 5.73. The number of benzene rings is 1. The summed E-state index contributed by atoms with van der Waals surface area (Å²) in [7, 11) is 1.67. The second-order valence-electron chi connectivity index (χ2n) is 4.18. The van der Waals surface area contributed by atoms with Gasteiger partial charge in [0.25, 0.3) is 0 Å². The van der Waals surface area contributed by atoms with Gasteiger partial charge in [-0.25, -0.2) is 4.98 Å². The van der Waals surface area contributed by atoms with E-state index < -0.39 is 0 Å². The third kappa shape index (κ3) is 1.62. The van der Waals surface area contributed by atoms with Crippen molar-refractivity contribution in [3.63, 3.8) is 0 Å². The van der Waals surface area contributed by atoms with Crippen LogP contribution in [-0.2, 0) is 0 Å². The number of aryl methyl sites for hydroxylation is 1. The predicted molar refractivity (Wildman–Crippen MR) is 70.6 cm³/mol. The summed E-state index contributed by atoms with van der Waals surface area (Å²) in [5.74, 6) is 0.824. The van der Waals surface area contributed by atoms with Gasteiger partial charge in [-0.3, -0.25) is 5.10 Å². The molecule has 3 aromatic rings. The lowest BCUT2D eigenvalue weighted by molar-refractivity contribution is 0.416.